The number of alkyl halides is 6. The maximum absolute atomic E-state index is 13.1. The van der Waals surface area contributed by atoms with E-state index < -0.39 is 39.7 Å². The van der Waals surface area contributed by atoms with Crippen LogP contribution in [0.1, 0.15) is 11.1 Å². The number of pyridine rings is 1. The maximum Gasteiger partial charge on any atom is 0.420 e. The van der Waals surface area contributed by atoms with E-state index in [1.165, 1.54) is 7.05 Å². The molecule has 2 aromatic rings. The van der Waals surface area contributed by atoms with Gasteiger partial charge in [0.2, 0.25) is 10.7 Å². The van der Waals surface area contributed by atoms with Crippen LogP contribution in [-0.4, -0.2) is 21.4 Å². The molecular formula is C10H5F6N5S. The molecule has 22 heavy (non-hydrogen) atoms. The molecule has 0 spiro atoms. The van der Waals surface area contributed by atoms with Crippen molar-refractivity contribution >= 4 is 29.6 Å². The van der Waals surface area contributed by atoms with Crippen LogP contribution in [-0.2, 0) is 12.4 Å². The summed E-state index contributed by atoms with van der Waals surface area (Å²) >= 11 is 4.68. The molecule has 0 unspecified atom stereocenters. The summed E-state index contributed by atoms with van der Waals surface area (Å²) in [6.45, 7) is 0. The molecule has 0 saturated heterocycles. The maximum atomic E-state index is 13.1. The van der Waals surface area contributed by atoms with E-state index in [0.29, 0.717) is 4.40 Å². The molecule has 1 aliphatic rings. The Balaban J connectivity index is 2.54. The second-order valence-corrected chi connectivity index (χ2v) is 4.82. The van der Waals surface area contributed by atoms with Crippen molar-refractivity contribution in [1.82, 2.24) is 14.4 Å². The lowest BCUT2D eigenvalue weighted by Crippen LogP contribution is -2.22. The van der Waals surface area contributed by atoms with Crippen LogP contribution >= 0.6 is 12.2 Å². The van der Waals surface area contributed by atoms with Gasteiger partial charge in [-0.3, -0.25) is 10.4 Å². The van der Waals surface area contributed by atoms with E-state index in [9.17, 15) is 26.3 Å². The van der Waals surface area contributed by atoms with Crippen LogP contribution in [0.2, 0.25) is 0 Å². The Kier molecular flexibility index (Phi) is 2.84. The number of hydrogen-bond donors (Lipinski definition) is 1. The number of rotatable bonds is 0. The molecule has 0 radical (unpaired) electrons. The van der Waals surface area contributed by atoms with E-state index in [-0.39, 0.29) is 12.0 Å². The molecule has 0 atom stereocenters. The molecule has 0 bridgehead atoms. The van der Waals surface area contributed by atoms with Crippen molar-refractivity contribution in [2.24, 2.45) is 0 Å². The summed E-state index contributed by atoms with van der Waals surface area (Å²) in [6.07, 6.45) is -10.0. The Morgan fingerprint density at radius 2 is 1.64 bits per heavy atom. The van der Waals surface area contributed by atoms with Crippen LogP contribution < -0.4 is 10.4 Å². The number of nitrogens with one attached hydrogen (secondary N) is 1. The largest absolute Gasteiger partial charge is 0.420 e. The van der Waals surface area contributed by atoms with Crippen molar-refractivity contribution in [3.05, 3.63) is 22.0 Å². The number of anilines is 2. The number of hydrazine groups is 1. The van der Waals surface area contributed by atoms with Crippen molar-refractivity contribution in [2.45, 2.75) is 12.4 Å². The molecular weight excluding hydrogens is 336 g/mol. The summed E-state index contributed by atoms with van der Waals surface area (Å²) < 4.78 is 78.7. The van der Waals surface area contributed by atoms with Crippen molar-refractivity contribution in [3.63, 3.8) is 0 Å². The molecule has 5 nitrogen and oxygen atoms in total. The number of halogens is 6. The summed E-state index contributed by atoms with van der Waals surface area (Å²) in [7, 11) is 1.30. The summed E-state index contributed by atoms with van der Waals surface area (Å²) in [6, 6.07) is 0.0163. The van der Waals surface area contributed by atoms with E-state index in [2.05, 4.69) is 27.6 Å². The summed E-state index contributed by atoms with van der Waals surface area (Å²) in [5.41, 5.74) is -1.42. The normalized spacial score (nSPS) is 14.6. The first-order chi connectivity index (χ1) is 10.00. The molecule has 0 aliphatic carbocycles. The Hall–Kier alpha value is -2.11. The Labute approximate surface area is 123 Å². The number of aromatic nitrogens is 3. The quantitative estimate of drug-likeness (QED) is 0.589. The Bertz CT molecular complexity index is 839. The molecule has 0 saturated carbocycles. The van der Waals surface area contributed by atoms with Crippen LogP contribution in [0, 0.1) is 4.77 Å². The molecule has 12 heteroatoms. The first-order valence-electron chi connectivity index (χ1n) is 5.63. The van der Waals surface area contributed by atoms with Crippen LogP contribution in [0.4, 0.5) is 38.1 Å². The fourth-order valence-electron chi connectivity index (χ4n) is 2.15. The van der Waals surface area contributed by atoms with Crippen molar-refractivity contribution < 1.29 is 26.3 Å². The third kappa shape index (κ3) is 2.05. The van der Waals surface area contributed by atoms with E-state index in [4.69, 9.17) is 0 Å². The highest BCUT2D eigenvalue weighted by Gasteiger charge is 2.43. The monoisotopic (exact) mass is 341 g/mol. The third-order valence-corrected chi connectivity index (χ3v) is 3.18. The minimum Gasteiger partial charge on any atom is -0.280 e. The zero-order chi connectivity index (χ0) is 16.4. The lowest BCUT2D eigenvalue weighted by Gasteiger charge is -2.16. The van der Waals surface area contributed by atoms with Gasteiger partial charge >= 0.3 is 12.4 Å². The highest BCUT2D eigenvalue weighted by molar-refractivity contribution is 7.71. The van der Waals surface area contributed by atoms with E-state index in [1.54, 1.807) is 0 Å². The predicted molar refractivity (Wildman–Crippen MR) is 65.9 cm³/mol. The Morgan fingerprint density at radius 1 is 1.05 bits per heavy atom. The van der Waals surface area contributed by atoms with Gasteiger partial charge in [0, 0.05) is 7.05 Å². The van der Waals surface area contributed by atoms with Crippen LogP contribution in [0.25, 0.3) is 5.65 Å². The zero-order valence-electron chi connectivity index (χ0n) is 10.5. The molecule has 1 aliphatic heterocycles. The van der Waals surface area contributed by atoms with Gasteiger partial charge in [-0.15, -0.1) is 0 Å². The SMILES string of the molecule is CN1Nc2c(C(F)(F)F)cc(C(F)(F)F)c3nc(=S)nc1n23. The fourth-order valence-corrected chi connectivity index (χ4v) is 2.32. The second kappa shape index (κ2) is 4.21. The van der Waals surface area contributed by atoms with Gasteiger partial charge in [0.1, 0.15) is 5.82 Å². The third-order valence-electron chi connectivity index (χ3n) is 3.00. The molecule has 3 heterocycles. The van der Waals surface area contributed by atoms with Crippen LogP contribution in [0.3, 0.4) is 0 Å². The first-order valence-corrected chi connectivity index (χ1v) is 6.03. The van der Waals surface area contributed by atoms with Gasteiger partial charge in [-0.05, 0) is 18.3 Å². The molecule has 0 fully saturated rings. The lowest BCUT2D eigenvalue weighted by atomic mass is 10.1. The fraction of sp³-hybridized carbons (Fsp3) is 0.300. The van der Waals surface area contributed by atoms with Gasteiger partial charge < -0.3 is 0 Å². The molecule has 0 amide bonds. The standard InChI is InChI=1S/C10H5F6N5S/c1-20-8-18-7(22)17-5-3(9(11,12)13)2-4(10(14,15)16)6(19-20)21(5)8/h2,19H,1H3. The summed E-state index contributed by atoms with van der Waals surface area (Å²) in [5.74, 6) is -0.801. The van der Waals surface area contributed by atoms with Gasteiger partial charge in [-0.2, -0.15) is 36.3 Å². The van der Waals surface area contributed by atoms with Gasteiger partial charge in [0.15, 0.2) is 5.65 Å². The van der Waals surface area contributed by atoms with Crippen LogP contribution in [0.15, 0.2) is 6.07 Å². The van der Waals surface area contributed by atoms with E-state index in [1.807, 2.05) is 0 Å². The van der Waals surface area contributed by atoms with E-state index >= 15 is 0 Å². The molecule has 118 valence electrons. The van der Waals surface area contributed by atoms with Crippen molar-refractivity contribution in [3.8, 4) is 0 Å². The lowest BCUT2D eigenvalue weighted by molar-refractivity contribution is -0.142. The van der Waals surface area contributed by atoms with Gasteiger partial charge in [-0.25, -0.2) is 4.40 Å². The van der Waals surface area contributed by atoms with Gasteiger partial charge in [-0.1, -0.05) is 0 Å². The molecule has 2 aromatic heterocycles. The molecule has 0 aromatic carbocycles. The summed E-state index contributed by atoms with van der Waals surface area (Å²) in [4.78, 5) is 7.17. The smallest absolute Gasteiger partial charge is 0.280 e. The van der Waals surface area contributed by atoms with Gasteiger partial charge in [0.25, 0.3) is 0 Å². The highest BCUT2D eigenvalue weighted by atomic mass is 32.1. The second-order valence-electron chi connectivity index (χ2n) is 4.45. The minimum absolute atomic E-state index is 0.0163. The topological polar surface area (TPSA) is 45.5 Å². The average Bonchev–Trinajstić information content (AvgIpc) is 2.64. The molecule has 3 rings (SSSR count). The Morgan fingerprint density at radius 3 is 2.18 bits per heavy atom. The first kappa shape index (κ1) is 14.8. The van der Waals surface area contributed by atoms with Crippen LogP contribution in [0.5, 0.6) is 0 Å². The highest BCUT2D eigenvalue weighted by Crippen LogP contribution is 2.43. The number of hydrogen-bond acceptors (Lipinski definition) is 5. The zero-order valence-corrected chi connectivity index (χ0v) is 11.4. The van der Waals surface area contributed by atoms with Crippen molar-refractivity contribution in [2.75, 3.05) is 17.5 Å². The van der Waals surface area contributed by atoms with Gasteiger partial charge in [0.05, 0.1) is 11.1 Å². The van der Waals surface area contributed by atoms with Crippen molar-refractivity contribution in [1.29, 1.82) is 0 Å². The number of nitrogens with zero attached hydrogens (tertiary/aromatic N) is 4. The minimum atomic E-state index is -5.03. The predicted octanol–water partition coefficient (Wildman–Crippen LogP) is 3.27. The van der Waals surface area contributed by atoms with E-state index in [0.717, 1.165) is 5.01 Å². The summed E-state index contributed by atoms with van der Waals surface area (Å²) in [5, 5.41) is 1.04. The molecule has 1 N–H and O–H groups in total. The average molecular weight is 341 g/mol.